The van der Waals surface area contributed by atoms with E-state index < -0.39 is 65.8 Å². The number of carbonyl (C=O) groups is 3. The Morgan fingerprint density at radius 2 is 1.53 bits per heavy atom. The maximum atomic E-state index is 14.0. The summed E-state index contributed by atoms with van der Waals surface area (Å²) < 4.78 is 70.9. The van der Waals surface area contributed by atoms with E-state index >= 15 is 0 Å². The lowest BCUT2D eigenvalue weighted by Crippen LogP contribution is -2.59. The predicted molar refractivity (Wildman–Crippen MR) is 140 cm³/mol. The number of hydrogen-bond donors (Lipinski definition) is 0. The van der Waals surface area contributed by atoms with Crippen LogP contribution in [0.1, 0.15) is 59.0 Å². The summed E-state index contributed by atoms with van der Waals surface area (Å²) in [4.78, 5) is 36.2. The van der Waals surface area contributed by atoms with Gasteiger partial charge in [0.05, 0.1) is 11.9 Å². The monoisotopic (exact) mass is 608 g/mol. The van der Waals surface area contributed by atoms with E-state index in [1.54, 1.807) is 6.07 Å². The molecule has 0 N–H and O–H groups in total. The van der Waals surface area contributed by atoms with Crippen molar-refractivity contribution in [2.75, 3.05) is 6.61 Å². The number of halogens is 3. The molecule has 0 saturated carbocycles. The minimum absolute atomic E-state index is 0.0246. The molecular formula is C28H31F3N4O8. The first-order chi connectivity index (χ1) is 20.1. The number of aromatic nitrogens is 4. The Kier molecular flexibility index (Phi) is 9.23. The van der Waals surface area contributed by atoms with Crippen LogP contribution in [-0.4, -0.2) is 69.1 Å². The molecule has 15 heteroatoms. The molecule has 1 saturated heterocycles. The van der Waals surface area contributed by atoms with Crippen molar-refractivity contribution in [1.82, 2.24) is 20.2 Å². The first-order valence-corrected chi connectivity index (χ1v) is 13.3. The van der Waals surface area contributed by atoms with Crippen LogP contribution in [-0.2, 0) is 45.2 Å². The number of benzene rings is 1. The topological polar surface area (TPSA) is 145 Å². The average Bonchev–Trinajstić information content (AvgIpc) is 3.57. The fourth-order valence-corrected chi connectivity index (χ4v) is 4.70. The molecule has 5 atom stereocenters. The molecule has 2 aromatic heterocycles. The summed E-state index contributed by atoms with van der Waals surface area (Å²) in [6, 6.07) is 2.07. The van der Waals surface area contributed by atoms with E-state index in [2.05, 4.69) is 15.5 Å². The van der Waals surface area contributed by atoms with Crippen LogP contribution in [0.15, 0.2) is 28.9 Å². The molecule has 0 aliphatic carbocycles. The van der Waals surface area contributed by atoms with Gasteiger partial charge in [-0.1, -0.05) is 31.1 Å². The molecule has 0 spiro atoms. The van der Waals surface area contributed by atoms with Crippen LogP contribution in [0.5, 0.6) is 0 Å². The molecule has 0 bridgehead atoms. The second-order valence-electron chi connectivity index (χ2n) is 11.1. The van der Waals surface area contributed by atoms with Crippen molar-refractivity contribution in [3.05, 3.63) is 53.3 Å². The van der Waals surface area contributed by atoms with Crippen molar-refractivity contribution in [1.29, 1.82) is 0 Å². The number of carbonyl (C=O) groups excluding carboxylic acids is 3. The van der Waals surface area contributed by atoms with Crippen LogP contribution >= 0.6 is 0 Å². The highest BCUT2D eigenvalue weighted by atomic mass is 19.2. The third-order valence-electron chi connectivity index (χ3n) is 6.64. The van der Waals surface area contributed by atoms with Gasteiger partial charge in [-0.3, -0.25) is 14.4 Å². The lowest BCUT2D eigenvalue weighted by molar-refractivity contribution is -0.229. The summed E-state index contributed by atoms with van der Waals surface area (Å²) in [6.07, 6.45) is -3.23. The van der Waals surface area contributed by atoms with Gasteiger partial charge in [-0.2, -0.15) is 0 Å². The molecule has 1 aliphatic rings. The maximum Gasteiger partial charge on any atom is 0.303 e. The molecule has 4 rings (SSSR count). The Bertz CT molecular complexity index is 1480. The van der Waals surface area contributed by atoms with Crippen molar-refractivity contribution in [3.8, 4) is 11.3 Å². The van der Waals surface area contributed by atoms with Gasteiger partial charge < -0.3 is 23.5 Å². The van der Waals surface area contributed by atoms with Crippen LogP contribution in [0.25, 0.3) is 11.3 Å². The van der Waals surface area contributed by atoms with Gasteiger partial charge in [0, 0.05) is 44.2 Å². The SMILES string of the molecule is CC(=O)OC[C@H]1O[C@H](Cc2cc(C(C)(C)C)no2)[C@H](OC(C)=O)[C@@H](n2cc(-c3cc(F)c(F)c(F)c3)nn2)[C@H]1OC(C)=O. The summed E-state index contributed by atoms with van der Waals surface area (Å²) >= 11 is 0. The number of rotatable bonds is 8. The van der Waals surface area contributed by atoms with Gasteiger partial charge in [0.25, 0.3) is 0 Å². The van der Waals surface area contributed by atoms with Crippen molar-refractivity contribution in [2.24, 2.45) is 0 Å². The third-order valence-corrected chi connectivity index (χ3v) is 6.64. The Morgan fingerprint density at radius 1 is 0.930 bits per heavy atom. The Morgan fingerprint density at radius 3 is 2.07 bits per heavy atom. The first-order valence-electron chi connectivity index (χ1n) is 13.3. The second kappa shape index (κ2) is 12.5. The van der Waals surface area contributed by atoms with Crippen LogP contribution < -0.4 is 0 Å². The fourth-order valence-electron chi connectivity index (χ4n) is 4.70. The van der Waals surface area contributed by atoms with Gasteiger partial charge in [0.15, 0.2) is 29.7 Å². The van der Waals surface area contributed by atoms with Crippen LogP contribution in [0.4, 0.5) is 13.2 Å². The molecule has 1 fully saturated rings. The van der Waals surface area contributed by atoms with Gasteiger partial charge in [-0.15, -0.1) is 5.10 Å². The normalized spacial score (nSPS) is 22.2. The molecule has 1 aromatic carbocycles. The first kappa shape index (κ1) is 31.7. The minimum atomic E-state index is -1.65. The second-order valence-corrected chi connectivity index (χ2v) is 11.1. The van der Waals surface area contributed by atoms with Crippen molar-refractivity contribution >= 4 is 17.9 Å². The van der Waals surface area contributed by atoms with E-state index in [0.29, 0.717) is 11.5 Å². The van der Waals surface area contributed by atoms with E-state index in [9.17, 15) is 27.6 Å². The van der Waals surface area contributed by atoms with E-state index in [1.165, 1.54) is 24.7 Å². The maximum absolute atomic E-state index is 14.0. The van der Waals surface area contributed by atoms with Crippen LogP contribution in [0, 0.1) is 17.5 Å². The zero-order valence-electron chi connectivity index (χ0n) is 24.3. The molecule has 12 nitrogen and oxygen atoms in total. The van der Waals surface area contributed by atoms with Gasteiger partial charge >= 0.3 is 17.9 Å². The molecule has 3 aromatic rings. The lowest BCUT2D eigenvalue weighted by atomic mass is 9.89. The summed E-state index contributed by atoms with van der Waals surface area (Å²) in [5.41, 5.74) is 0.132. The molecule has 0 radical (unpaired) electrons. The number of nitrogens with zero attached hydrogens (tertiary/aromatic N) is 4. The molecule has 1 aliphatic heterocycles. The lowest BCUT2D eigenvalue weighted by Gasteiger charge is -2.44. The van der Waals surface area contributed by atoms with Crippen LogP contribution in [0.3, 0.4) is 0 Å². The Labute approximate surface area is 244 Å². The molecular weight excluding hydrogens is 577 g/mol. The zero-order valence-corrected chi connectivity index (χ0v) is 24.3. The van der Waals surface area contributed by atoms with Crippen molar-refractivity contribution in [3.63, 3.8) is 0 Å². The van der Waals surface area contributed by atoms with E-state index in [0.717, 1.165) is 19.1 Å². The quantitative estimate of drug-likeness (QED) is 0.210. The summed E-state index contributed by atoms with van der Waals surface area (Å²) in [7, 11) is 0. The predicted octanol–water partition coefficient (Wildman–Crippen LogP) is 3.63. The highest BCUT2D eigenvalue weighted by molar-refractivity contribution is 5.67. The van der Waals surface area contributed by atoms with Gasteiger partial charge in [0.2, 0.25) is 0 Å². The molecule has 232 valence electrons. The highest BCUT2D eigenvalue weighted by Crippen LogP contribution is 2.37. The Hall–Kier alpha value is -4.27. The van der Waals surface area contributed by atoms with Gasteiger partial charge in [-0.05, 0) is 12.1 Å². The summed E-state index contributed by atoms with van der Waals surface area (Å²) in [5, 5.41) is 12.1. The fraction of sp³-hybridized carbons (Fsp3) is 0.500. The number of ether oxygens (including phenoxy) is 4. The Balaban J connectivity index is 1.81. The van der Waals surface area contributed by atoms with Crippen LogP contribution in [0.2, 0.25) is 0 Å². The number of hydrogen-bond acceptors (Lipinski definition) is 11. The highest BCUT2D eigenvalue weighted by Gasteiger charge is 2.52. The van der Waals surface area contributed by atoms with Crippen molar-refractivity contribution in [2.45, 2.75) is 83.8 Å². The molecule has 0 amide bonds. The van der Waals surface area contributed by atoms with E-state index in [4.69, 9.17) is 23.5 Å². The smallest absolute Gasteiger partial charge is 0.303 e. The largest absolute Gasteiger partial charge is 0.463 e. The van der Waals surface area contributed by atoms with Gasteiger partial charge in [-0.25, -0.2) is 17.9 Å². The van der Waals surface area contributed by atoms with E-state index in [1.807, 2.05) is 20.8 Å². The molecule has 43 heavy (non-hydrogen) atoms. The summed E-state index contributed by atoms with van der Waals surface area (Å²) in [5.74, 6) is -6.21. The zero-order chi connectivity index (χ0) is 31.6. The molecule has 0 unspecified atom stereocenters. The standard InChI is InChI=1S/C28H31F3N4O8/c1-13(36)39-12-22-27(41-15(3)38)25(35-11-20(32-34-35)16-7-18(29)24(31)19(30)8-16)26(40-14(2)37)21(42-22)9-17-10-23(33-43-17)28(4,5)6/h7-8,10-11,21-22,25-27H,9,12H2,1-6H3/t21-,22-,25-,26+,27+/m1/s1. The third kappa shape index (κ3) is 7.39. The molecule has 3 heterocycles. The van der Waals surface area contributed by atoms with Gasteiger partial charge in [0.1, 0.15) is 36.3 Å². The number of esters is 3. The van der Waals surface area contributed by atoms with Crippen molar-refractivity contribution < 1.29 is 51.0 Å². The summed E-state index contributed by atoms with van der Waals surface area (Å²) in [6.45, 7) is 8.99. The minimum Gasteiger partial charge on any atom is -0.463 e. The average molecular weight is 609 g/mol. The van der Waals surface area contributed by atoms with E-state index in [-0.39, 0.29) is 29.7 Å².